The van der Waals surface area contributed by atoms with Crippen molar-refractivity contribution in [3.8, 4) is 0 Å². The molecule has 0 spiro atoms. The molecule has 0 aliphatic heterocycles. The second-order valence-corrected chi connectivity index (χ2v) is 6.57. The number of carbonyl (C=O) groups excluding carboxylic acids is 2. The number of anilines is 1. The van der Waals surface area contributed by atoms with E-state index in [-0.39, 0.29) is 30.7 Å². The van der Waals surface area contributed by atoms with Gasteiger partial charge in [-0.2, -0.15) is 0 Å². The molecular weight excluding hydrogens is 336 g/mol. The highest BCUT2D eigenvalue weighted by atomic mass is 35.5. The Balaban J connectivity index is 0.00000264. The molecule has 1 aromatic rings. The average Bonchev–Trinajstić information content (AvgIpc) is 2.93. The van der Waals surface area contributed by atoms with Crippen LogP contribution in [0.15, 0.2) is 5.38 Å². The third-order valence-corrected chi connectivity index (χ3v) is 4.74. The van der Waals surface area contributed by atoms with Crippen molar-refractivity contribution in [1.82, 2.24) is 4.98 Å². The van der Waals surface area contributed by atoms with E-state index in [9.17, 15) is 9.59 Å². The first-order valence-electron chi connectivity index (χ1n) is 8.07. The maximum absolute atomic E-state index is 12.0. The Morgan fingerprint density at radius 2 is 2.09 bits per heavy atom. The minimum atomic E-state index is -0.289. The van der Waals surface area contributed by atoms with Gasteiger partial charge in [-0.05, 0) is 19.3 Å². The van der Waals surface area contributed by atoms with Gasteiger partial charge in [-0.3, -0.25) is 9.59 Å². The molecule has 2 rings (SSSR count). The van der Waals surface area contributed by atoms with E-state index in [0.29, 0.717) is 29.8 Å². The van der Waals surface area contributed by atoms with Crippen LogP contribution in [0.4, 0.5) is 5.13 Å². The van der Waals surface area contributed by atoms with Crippen LogP contribution in [-0.2, 0) is 20.7 Å². The number of hydrogen-bond acceptors (Lipinski definition) is 5. The molecule has 1 fully saturated rings. The van der Waals surface area contributed by atoms with Crippen molar-refractivity contribution in [2.24, 2.45) is 5.92 Å². The molecular formula is C16H25ClN2O3S. The lowest BCUT2D eigenvalue weighted by Gasteiger charge is -2.20. The van der Waals surface area contributed by atoms with Crippen LogP contribution in [0.3, 0.4) is 0 Å². The van der Waals surface area contributed by atoms with E-state index in [2.05, 4.69) is 10.3 Å². The maximum Gasteiger partial charge on any atom is 0.311 e. The van der Waals surface area contributed by atoms with Gasteiger partial charge in [-0.15, -0.1) is 23.7 Å². The molecule has 1 N–H and O–H groups in total. The largest absolute Gasteiger partial charge is 0.466 e. The monoisotopic (exact) mass is 360 g/mol. The maximum atomic E-state index is 12.0. The van der Waals surface area contributed by atoms with Crippen molar-refractivity contribution in [3.05, 3.63) is 11.1 Å². The number of amides is 1. The first-order chi connectivity index (χ1) is 10.7. The summed E-state index contributed by atoms with van der Waals surface area (Å²) in [5, 5.41) is 5.17. The normalized spacial score (nSPS) is 14.8. The quantitative estimate of drug-likeness (QED) is 0.747. The van der Waals surface area contributed by atoms with Gasteiger partial charge < -0.3 is 10.1 Å². The van der Waals surface area contributed by atoms with Crippen LogP contribution in [0.2, 0.25) is 0 Å². The second kappa shape index (κ2) is 10.6. The van der Waals surface area contributed by atoms with Gasteiger partial charge in [0.15, 0.2) is 5.13 Å². The van der Waals surface area contributed by atoms with Crippen molar-refractivity contribution in [2.45, 2.75) is 58.3 Å². The van der Waals surface area contributed by atoms with Crippen molar-refractivity contribution < 1.29 is 14.3 Å². The summed E-state index contributed by atoms with van der Waals surface area (Å²) in [6.45, 7) is 2.14. The van der Waals surface area contributed by atoms with Crippen molar-refractivity contribution in [2.75, 3.05) is 11.9 Å². The molecule has 1 aliphatic carbocycles. The molecule has 1 amide bonds. The summed E-state index contributed by atoms with van der Waals surface area (Å²) in [6, 6.07) is 0. The average molecular weight is 361 g/mol. The molecule has 1 saturated carbocycles. The van der Waals surface area contributed by atoms with Crippen LogP contribution < -0.4 is 5.32 Å². The number of nitrogens with one attached hydrogen (secondary N) is 1. The van der Waals surface area contributed by atoms with Gasteiger partial charge in [0.25, 0.3) is 0 Å². The number of aromatic nitrogens is 1. The first-order valence-corrected chi connectivity index (χ1v) is 8.95. The van der Waals surface area contributed by atoms with Gasteiger partial charge in [-0.25, -0.2) is 4.98 Å². The van der Waals surface area contributed by atoms with Gasteiger partial charge in [0.1, 0.15) is 0 Å². The lowest BCUT2D eigenvalue weighted by atomic mass is 9.86. The smallest absolute Gasteiger partial charge is 0.311 e. The minimum Gasteiger partial charge on any atom is -0.466 e. The SMILES string of the molecule is CCOC(=O)Cc1csc(NC(=O)CCC2CCCCC2)n1.Cl. The second-order valence-electron chi connectivity index (χ2n) is 5.72. The van der Waals surface area contributed by atoms with E-state index in [1.165, 1.54) is 43.4 Å². The van der Waals surface area contributed by atoms with Crippen molar-refractivity contribution in [3.63, 3.8) is 0 Å². The standard InChI is InChI=1S/C16H24N2O3S.ClH/c1-2-21-15(20)10-13-11-22-16(17-13)18-14(19)9-8-12-6-4-3-5-7-12;/h11-12H,2-10H2,1H3,(H,17,18,19);1H. The van der Waals surface area contributed by atoms with E-state index in [4.69, 9.17) is 4.74 Å². The molecule has 130 valence electrons. The third kappa shape index (κ3) is 7.31. The lowest BCUT2D eigenvalue weighted by Crippen LogP contribution is -2.15. The van der Waals surface area contributed by atoms with Gasteiger partial charge >= 0.3 is 5.97 Å². The molecule has 0 aromatic carbocycles. The Kier molecular flexibility index (Phi) is 9.17. The van der Waals surface area contributed by atoms with Crippen LogP contribution in [0, 0.1) is 5.92 Å². The van der Waals surface area contributed by atoms with Gasteiger partial charge in [0, 0.05) is 11.8 Å². The summed E-state index contributed by atoms with van der Waals surface area (Å²) in [5.41, 5.74) is 0.644. The fourth-order valence-corrected chi connectivity index (χ4v) is 3.52. The molecule has 0 saturated heterocycles. The van der Waals surface area contributed by atoms with Crippen LogP contribution in [-0.4, -0.2) is 23.5 Å². The van der Waals surface area contributed by atoms with E-state index in [1.54, 1.807) is 12.3 Å². The Hall–Kier alpha value is -1.14. The molecule has 0 bridgehead atoms. The number of ether oxygens (including phenoxy) is 1. The summed E-state index contributed by atoms with van der Waals surface area (Å²) in [5.74, 6) is 0.431. The van der Waals surface area contributed by atoms with Crippen LogP contribution in [0.1, 0.15) is 57.6 Å². The van der Waals surface area contributed by atoms with Crippen LogP contribution in [0.5, 0.6) is 0 Å². The van der Waals surface area contributed by atoms with E-state index in [1.807, 2.05) is 0 Å². The van der Waals surface area contributed by atoms with Crippen LogP contribution in [0.25, 0.3) is 0 Å². The highest BCUT2D eigenvalue weighted by Gasteiger charge is 2.15. The molecule has 7 heteroatoms. The van der Waals surface area contributed by atoms with E-state index >= 15 is 0 Å². The fraction of sp³-hybridized carbons (Fsp3) is 0.688. The number of esters is 1. The predicted octanol–water partition coefficient (Wildman–Crippen LogP) is 3.97. The van der Waals surface area contributed by atoms with Crippen LogP contribution >= 0.6 is 23.7 Å². The molecule has 0 unspecified atom stereocenters. The zero-order chi connectivity index (χ0) is 15.8. The zero-order valence-electron chi connectivity index (χ0n) is 13.5. The topological polar surface area (TPSA) is 68.3 Å². The highest BCUT2D eigenvalue weighted by molar-refractivity contribution is 7.13. The number of halogens is 1. The molecule has 1 aliphatic rings. The summed E-state index contributed by atoms with van der Waals surface area (Å²) in [4.78, 5) is 27.6. The Labute approximate surface area is 147 Å². The lowest BCUT2D eigenvalue weighted by molar-refractivity contribution is -0.142. The minimum absolute atomic E-state index is 0. The summed E-state index contributed by atoms with van der Waals surface area (Å²) in [6.07, 6.45) is 8.13. The van der Waals surface area contributed by atoms with E-state index in [0.717, 1.165) is 6.42 Å². The number of hydrogen-bond donors (Lipinski definition) is 1. The third-order valence-electron chi connectivity index (χ3n) is 3.93. The number of rotatable bonds is 7. The Morgan fingerprint density at radius 1 is 1.35 bits per heavy atom. The molecule has 5 nitrogen and oxygen atoms in total. The predicted molar refractivity (Wildman–Crippen MR) is 94.1 cm³/mol. The van der Waals surface area contributed by atoms with Crippen molar-refractivity contribution >= 4 is 40.8 Å². The molecule has 0 radical (unpaired) electrons. The Bertz CT molecular complexity index is 501. The van der Waals surface area contributed by atoms with Gasteiger partial charge in [0.2, 0.25) is 5.91 Å². The highest BCUT2D eigenvalue weighted by Crippen LogP contribution is 2.27. The number of nitrogens with zero attached hydrogens (tertiary/aromatic N) is 1. The van der Waals surface area contributed by atoms with Crippen molar-refractivity contribution in [1.29, 1.82) is 0 Å². The fourth-order valence-electron chi connectivity index (χ4n) is 2.80. The molecule has 0 atom stereocenters. The first kappa shape index (κ1) is 19.9. The summed E-state index contributed by atoms with van der Waals surface area (Å²) >= 11 is 1.35. The van der Waals surface area contributed by atoms with Gasteiger partial charge in [0.05, 0.1) is 18.7 Å². The zero-order valence-corrected chi connectivity index (χ0v) is 15.1. The number of carbonyl (C=O) groups is 2. The molecule has 23 heavy (non-hydrogen) atoms. The molecule has 1 aromatic heterocycles. The molecule has 1 heterocycles. The van der Waals surface area contributed by atoms with Gasteiger partial charge in [-0.1, -0.05) is 32.1 Å². The van der Waals surface area contributed by atoms with E-state index < -0.39 is 0 Å². The summed E-state index contributed by atoms with van der Waals surface area (Å²) < 4.78 is 4.88. The summed E-state index contributed by atoms with van der Waals surface area (Å²) in [7, 11) is 0. The number of thiazole rings is 1. The Morgan fingerprint density at radius 3 is 2.78 bits per heavy atom.